The first kappa shape index (κ1) is 18.0. The molecular weight excluding hydrogens is 310 g/mol. The van der Waals surface area contributed by atoms with Gasteiger partial charge in [-0.15, -0.1) is 0 Å². The first-order valence-corrected chi connectivity index (χ1v) is 9.41. The minimum Gasteiger partial charge on any atom is -0.488 e. The van der Waals surface area contributed by atoms with Crippen LogP contribution in [0, 0.1) is 6.92 Å². The van der Waals surface area contributed by atoms with E-state index >= 15 is 0 Å². The van der Waals surface area contributed by atoms with Gasteiger partial charge in [0.2, 0.25) is 0 Å². The second-order valence-corrected chi connectivity index (χ2v) is 7.04. The van der Waals surface area contributed by atoms with E-state index in [0.717, 1.165) is 44.4 Å². The summed E-state index contributed by atoms with van der Waals surface area (Å²) in [5.74, 6) is 0.855. The van der Waals surface area contributed by atoms with Crippen molar-refractivity contribution >= 4 is 0 Å². The van der Waals surface area contributed by atoms with Gasteiger partial charge < -0.3 is 15.2 Å². The third-order valence-electron chi connectivity index (χ3n) is 4.97. The smallest absolute Gasteiger partial charge is 0.126 e. The molecule has 2 aromatic rings. The number of hydrogen-bond acceptors (Lipinski definition) is 3. The molecule has 3 atom stereocenters. The summed E-state index contributed by atoms with van der Waals surface area (Å²) in [6.45, 7) is 2.98. The van der Waals surface area contributed by atoms with Crippen molar-refractivity contribution in [2.24, 2.45) is 0 Å². The number of benzene rings is 2. The van der Waals surface area contributed by atoms with Gasteiger partial charge in [0.1, 0.15) is 18.0 Å². The Bertz CT molecular complexity index is 643. The van der Waals surface area contributed by atoms with Crippen molar-refractivity contribution in [3.8, 4) is 5.75 Å². The number of ether oxygens (including phenoxy) is 1. The predicted molar refractivity (Wildman–Crippen MR) is 102 cm³/mol. The van der Waals surface area contributed by atoms with Crippen LogP contribution in [0.15, 0.2) is 54.6 Å². The van der Waals surface area contributed by atoms with E-state index in [2.05, 4.69) is 48.6 Å². The van der Waals surface area contributed by atoms with Crippen LogP contribution in [-0.4, -0.2) is 29.9 Å². The Morgan fingerprint density at radius 2 is 1.92 bits per heavy atom. The van der Waals surface area contributed by atoms with Crippen molar-refractivity contribution in [3.63, 3.8) is 0 Å². The van der Waals surface area contributed by atoms with E-state index in [-0.39, 0.29) is 12.1 Å². The summed E-state index contributed by atoms with van der Waals surface area (Å²) in [5.41, 5.74) is 2.55. The van der Waals surface area contributed by atoms with Crippen molar-refractivity contribution in [2.75, 3.05) is 6.54 Å². The monoisotopic (exact) mass is 339 g/mol. The molecule has 3 heteroatoms. The van der Waals surface area contributed by atoms with Crippen molar-refractivity contribution in [3.05, 3.63) is 65.7 Å². The molecule has 1 saturated carbocycles. The average Bonchev–Trinajstić information content (AvgIpc) is 2.62. The molecule has 1 aliphatic carbocycles. The highest BCUT2D eigenvalue weighted by Crippen LogP contribution is 2.25. The van der Waals surface area contributed by atoms with E-state index in [0.29, 0.717) is 0 Å². The van der Waals surface area contributed by atoms with Crippen molar-refractivity contribution < 1.29 is 9.84 Å². The van der Waals surface area contributed by atoms with Gasteiger partial charge in [0.25, 0.3) is 0 Å². The van der Waals surface area contributed by atoms with E-state index in [1.165, 1.54) is 11.1 Å². The molecule has 0 saturated heterocycles. The summed E-state index contributed by atoms with van der Waals surface area (Å²) in [6, 6.07) is 18.7. The van der Waals surface area contributed by atoms with Crippen LogP contribution in [0.2, 0.25) is 0 Å². The molecule has 0 unspecified atom stereocenters. The highest BCUT2D eigenvalue weighted by atomic mass is 16.5. The molecule has 0 radical (unpaired) electrons. The highest BCUT2D eigenvalue weighted by molar-refractivity contribution is 5.27. The largest absolute Gasteiger partial charge is 0.488 e. The van der Waals surface area contributed by atoms with Gasteiger partial charge in [-0.05, 0) is 68.8 Å². The van der Waals surface area contributed by atoms with Gasteiger partial charge >= 0.3 is 0 Å². The fourth-order valence-corrected chi connectivity index (χ4v) is 3.58. The Balaban J connectivity index is 1.45. The third kappa shape index (κ3) is 5.32. The summed E-state index contributed by atoms with van der Waals surface area (Å²) in [4.78, 5) is 0. The van der Waals surface area contributed by atoms with Gasteiger partial charge in [0, 0.05) is 6.04 Å². The van der Waals surface area contributed by atoms with E-state index in [4.69, 9.17) is 4.74 Å². The summed E-state index contributed by atoms with van der Waals surface area (Å²) >= 11 is 0. The number of aliphatic hydroxyl groups excluding tert-OH is 1. The van der Waals surface area contributed by atoms with Gasteiger partial charge in [-0.1, -0.05) is 42.5 Å². The molecular formula is C22H29NO2. The van der Waals surface area contributed by atoms with E-state index < -0.39 is 6.10 Å². The summed E-state index contributed by atoms with van der Waals surface area (Å²) in [6.07, 6.45) is 4.59. The quantitative estimate of drug-likeness (QED) is 0.752. The molecule has 3 nitrogen and oxygen atoms in total. The average molecular weight is 339 g/mol. The summed E-state index contributed by atoms with van der Waals surface area (Å²) < 4.78 is 6.06. The van der Waals surface area contributed by atoms with Crippen LogP contribution in [0.25, 0.3) is 0 Å². The Morgan fingerprint density at radius 3 is 2.72 bits per heavy atom. The SMILES string of the molecule is Cc1cccc(O[C@@H]2CCC[C@H](NCCCc3ccccc3)[C@H]2O)c1. The van der Waals surface area contributed by atoms with Gasteiger partial charge in [-0.25, -0.2) is 0 Å². The van der Waals surface area contributed by atoms with Crippen LogP contribution in [0.3, 0.4) is 0 Å². The van der Waals surface area contributed by atoms with Crippen LogP contribution >= 0.6 is 0 Å². The lowest BCUT2D eigenvalue weighted by atomic mass is 9.89. The summed E-state index contributed by atoms with van der Waals surface area (Å²) in [7, 11) is 0. The van der Waals surface area contributed by atoms with Crippen molar-refractivity contribution in [1.82, 2.24) is 5.32 Å². The van der Waals surface area contributed by atoms with Crippen LogP contribution in [0.4, 0.5) is 0 Å². The predicted octanol–water partition coefficient (Wildman–Crippen LogP) is 3.88. The van der Waals surface area contributed by atoms with Crippen LogP contribution in [0.1, 0.15) is 36.8 Å². The van der Waals surface area contributed by atoms with Crippen LogP contribution in [0.5, 0.6) is 5.75 Å². The number of rotatable bonds is 7. The lowest BCUT2D eigenvalue weighted by molar-refractivity contribution is -0.0152. The lowest BCUT2D eigenvalue weighted by Gasteiger charge is -2.35. The number of aliphatic hydroxyl groups is 1. The van der Waals surface area contributed by atoms with Gasteiger partial charge in [-0.3, -0.25) is 0 Å². The maximum atomic E-state index is 10.7. The number of nitrogens with one attached hydrogen (secondary N) is 1. The molecule has 1 fully saturated rings. The first-order valence-electron chi connectivity index (χ1n) is 9.41. The highest BCUT2D eigenvalue weighted by Gasteiger charge is 2.32. The second-order valence-electron chi connectivity index (χ2n) is 7.04. The molecule has 25 heavy (non-hydrogen) atoms. The van der Waals surface area contributed by atoms with E-state index in [1.807, 2.05) is 18.2 Å². The molecule has 1 aliphatic rings. The Labute approximate surface area is 151 Å². The third-order valence-corrected chi connectivity index (χ3v) is 4.97. The minimum absolute atomic E-state index is 0.123. The first-order chi connectivity index (χ1) is 12.2. The molecule has 0 heterocycles. The van der Waals surface area contributed by atoms with Crippen molar-refractivity contribution in [1.29, 1.82) is 0 Å². The number of aryl methyl sites for hydroxylation is 2. The molecule has 0 bridgehead atoms. The maximum Gasteiger partial charge on any atom is 0.126 e. The lowest BCUT2D eigenvalue weighted by Crippen LogP contribution is -2.51. The van der Waals surface area contributed by atoms with Gasteiger partial charge in [-0.2, -0.15) is 0 Å². The van der Waals surface area contributed by atoms with E-state index in [9.17, 15) is 5.11 Å². The second kappa shape index (κ2) is 9.02. The molecule has 2 N–H and O–H groups in total. The molecule has 134 valence electrons. The Morgan fingerprint density at radius 1 is 1.08 bits per heavy atom. The van der Waals surface area contributed by atoms with Crippen LogP contribution in [-0.2, 0) is 6.42 Å². The maximum absolute atomic E-state index is 10.7. The van der Waals surface area contributed by atoms with E-state index in [1.54, 1.807) is 0 Å². The zero-order valence-electron chi connectivity index (χ0n) is 15.0. The molecule has 3 rings (SSSR count). The fraction of sp³-hybridized carbons (Fsp3) is 0.455. The topological polar surface area (TPSA) is 41.5 Å². The van der Waals surface area contributed by atoms with Gasteiger partial charge in [0.05, 0.1) is 0 Å². The molecule has 0 spiro atoms. The summed E-state index contributed by atoms with van der Waals surface area (Å²) in [5, 5.41) is 14.2. The van der Waals surface area contributed by atoms with Gasteiger partial charge in [0.15, 0.2) is 0 Å². The zero-order valence-corrected chi connectivity index (χ0v) is 15.0. The molecule has 2 aromatic carbocycles. The minimum atomic E-state index is -0.453. The normalized spacial score (nSPS) is 23.4. The Kier molecular flexibility index (Phi) is 6.48. The Hall–Kier alpha value is -1.84. The molecule has 0 aliphatic heterocycles. The molecule has 0 amide bonds. The number of hydrogen-bond donors (Lipinski definition) is 2. The standard InChI is InChI=1S/C22H29NO2/c1-17-8-5-12-19(16-17)25-21-14-6-13-20(22(21)24)23-15-7-11-18-9-3-2-4-10-18/h2-5,8-10,12,16,20-24H,6-7,11,13-15H2,1H3/t20-,21+,22+/m0/s1. The zero-order chi connectivity index (χ0) is 17.5. The van der Waals surface area contributed by atoms with Crippen molar-refractivity contribution in [2.45, 2.75) is 57.3 Å². The molecule has 0 aromatic heterocycles. The van der Waals surface area contributed by atoms with Crippen LogP contribution < -0.4 is 10.1 Å². The fourth-order valence-electron chi connectivity index (χ4n) is 3.58.